The molecule has 1 heterocycles. The molecule has 0 bridgehead atoms. The highest BCUT2D eigenvalue weighted by molar-refractivity contribution is 5.00. The Bertz CT molecular complexity index is 361. The molecule has 2 N–H and O–H groups in total. The van der Waals surface area contributed by atoms with Crippen LogP contribution in [0.3, 0.4) is 0 Å². The summed E-state index contributed by atoms with van der Waals surface area (Å²) in [7, 11) is 0. The zero-order valence-electron chi connectivity index (χ0n) is 11.3. The van der Waals surface area contributed by atoms with Crippen molar-refractivity contribution in [3.8, 4) is 0 Å². The van der Waals surface area contributed by atoms with Crippen LogP contribution in [-0.2, 0) is 4.74 Å². The SMILES string of the molecule is CCCC(OCC)c1noc(C2CCC(N)C2)n1. The second-order valence-electron chi connectivity index (χ2n) is 4.99. The Morgan fingerprint density at radius 3 is 2.89 bits per heavy atom. The molecule has 0 aromatic carbocycles. The van der Waals surface area contributed by atoms with E-state index in [-0.39, 0.29) is 12.1 Å². The molecule has 3 atom stereocenters. The minimum Gasteiger partial charge on any atom is -0.370 e. The summed E-state index contributed by atoms with van der Waals surface area (Å²) in [5.41, 5.74) is 5.91. The Hall–Kier alpha value is -0.940. The van der Waals surface area contributed by atoms with Crippen LogP contribution in [0.25, 0.3) is 0 Å². The predicted molar refractivity (Wildman–Crippen MR) is 68.1 cm³/mol. The Morgan fingerprint density at radius 1 is 1.44 bits per heavy atom. The molecule has 0 aliphatic heterocycles. The third kappa shape index (κ3) is 3.09. The summed E-state index contributed by atoms with van der Waals surface area (Å²) in [6, 6.07) is 0.281. The minimum atomic E-state index is -0.0347. The summed E-state index contributed by atoms with van der Waals surface area (Å²) in [5, 5.41) is 4.07. The van der Waals surface area contributed by atoms with Gasteiger partial charge in [-0.05, 0) is 32.6 Å². The van der Waals surface area contributed by atoms with Crippen LogP contribution in [0.15, 0.2) is 4.52 Å². The van der Waals surface area contributed by atoms with Crippen molar-refractivity contribution in [1.82, 2.24) is 10.1 Å². The van der Waals surface area contributed by atoms with Crippen LogP contribution in [0.4, 0.5) is 0 Å². The lowest BCUT2D eigenvalue weighted by Crippen LogP contribution is -2.14. The average Bonchev–Trinajstić information content (AvgIpc) is 2.97. The lowest BCUT2D eigenvalue weighted by Gasteiger charge is -2.11. The Kier molecular flexibility index (Phi) is 4.72. The molecule has 0 radical (unpaired) electrons. The van der Waals surface area contributed by atoms with E-state index in [2.05, 4.69) is 17.1 Å². The van der Waals surface area contributed by atoms with E-state index in [0.29, 0.717) is 18.3 Å². The van der Waals surface area contributed by atoms with Crippen LogP contribution in [0.1, 0.15) is 69.7 Å². The number of aromatic nitrogens is 2. The summed E-state index contributed by atoms with van der Waals surface area (Å²) in [6.07, 6.45) is 4.99. The monoisotopic (exact) mass is 253 g/mol. The van der Waals surface area contributed by atoms with Gasteiger partial charge in [-0.15, -0.1) is 0 Å². The van der Waals surface area contributed by atoms with E-state index in [9.17, 15) is 0 Å². The zero-order chi connectivity index (χ0) is 13.0. The molecule has 5 nitrogen and oxygen atoms in total. The third-order valence-corrected chi connectivity index (χ3v) is 3.49. The summed E-state index contributed by atoms with van der Waals surface area (Å²) < 4.78 is 11.0. The molecule has 1 fully saturated rings. The highest BCUT2D eigenvalue weighted by Crippen LogP contribution is 2.33. The second-order valence-corrected chi connectivity index (χ2v) is 4.99. The maximum Gasteiger partial charge on any atom is 0.229 e. The van der Waals surface area contributed by atoms with E-state index in [0.717, 1.165) is 38.0 Å². The largest absolute Gasteiger partial charge is 0.370 e. The van der Waals surface area contributed by atoms with Crippen molar-refractivity contribution in [1.29, 1.82) is 0 Å². The van der Waals surface area contributed by atoms with Gasteiger partial charge in [0.15, 0.2) is 0 Å². The summed E-state index contributed by atoms with van der Waals surface area (Å²) in [5.74, 6) is 1.76. The Balaban J connectivity index is 2.03. The smallest absolute Gasteiger partial charge is 0.229 e. The molecule has 1 aromatic heterocycles. The van der Waals surface area contributed by atoms with Crippen molar-refractivity contribution in [2.24, 2.45) is 5.73 Å². The van der Waals surface area contributed by atoms with Crippen LogP contribution in [0.5, 0.6) is 0 Å². The molecule has 18 heavy (non-hydrogen) atoms. The first-order chi connectivity index (χ1) is 8.74. The van der Waals surface area contributed by atoms with Crippen LogP contribution in [0, 0.1) is 0 Å². The topological polar surface area (TPSA) is 74.2 Å². The van der Waals surface area contributed by atoms with E-state index in [1.807, 2.05) is 6.92 Å². The Labute approximate surface area is 108 Å². The van der Waals surface area contributed by atoms with Crippen molar-refractivity contribution < 1.29 is 9.26 Å². The van der Waals surface area contributed by atoms with Gasteiger partial charge < -0.3 is 15.0 Å². The van der Waals surface area contributed by atoms with Gasteiger partial charge >= 0.3 is 0 Å². The molecular weight excluding hydrogens is 230 g/mol. The van der Waals surface area contributed by atoms with Crippen LogP contribution >= 0.6 is 0 Å². The van der Waals surface area contributed by atoms with Gasteiger partial charge in [0, 0.05) is 18.6 Å². The molecule has 102 valence electrons. The van der Waals surface area contributed by atoms with Crippen molar-refractivity contribution >= 4 is 0 Å². The van der Waals surface area contributed by atoms with Gasteiger partial charge in [-0.2, -0.15) is 4.98 Å². The van der Waals surface area contributed by atoms with E-state index in [1.165, 1.54) is 0 Å². The van der Waals surface area contributed by atoms with Crippen LogP contribution in [0.2, 0.25) is 0 Å². The fraction of sp³-hybridized carbons (Fsp3) is 0.846. The first kappa shape index (κ1) is 13.5. The molecule has 1 aliphatic rings. The lowest BCUT2D eigenvalue weighted by molar-refractivity contribution is 0.0477. The molecule has 0 amide bonds. The van der Waals surface area contributed by atoms with Gasteiger partial charge in [0.25, 0.3) is 0 Å². The number of nitrogens with zero attached hydrogens (tertiary/aromatic N) is 2. The standard InChI is InChI=1S/C13H23N3O2/c1-3-5-11(17-4-2)12-15-13(18-16-12)9-6-7-10(14)8-9/h9-11H,3-8,14H2,1-2H3. The third-order valence-electron chi connectivity index (χ3n) is 3.49. The van der Waals surface area contributed by atoms with Crippen molar-refractivity contribution in [2.45, 2.75) is 64.0 Å². The minimum absolute atomic E-state index is 0.0347. The van der Waals surface area contributed by atoms with E-state index in [4.69, 9.17) is 15.0 Å². The van der Waals surface area contributed by atoms with Crippen molar-refractivity contribution in [2.75, 3.05) is 6.61 Å². The normalized spacial score (nSPS) is 25.5. The average molecular weight is 253 g/mol. The molecule has 1 aromatic rings. The van der Waals surface area contributed by atoms with E-state index < -0.39 is 0 Å². The van der Waals surface area contributed by atoms with Crippen LogP contribution < -0.4 is 5.73 Å². The summed E-state index contributed by atoms with van der Waals surface area (Å²) in [6.45, 7) is 4.78. The molecule has 3 unspecified atom stereocenters. The summed E-state index contributed by atoms with van der Waals surface area (Å²) >= 11 is 0. The first-order valence-corrected chi connectivity index (χ1v) is 6.95. The highest BCUT2D eigenvalue weighted by Gasteiger charge is 2.29. The Morgan fingerprint density at radius 2 is 2.28 bits per heavy atom. The number of hydrogen-bond acceptors (Lipinski definition) is 5. The molecule has 1 aliphatic carbocycles. The number of ether oxygens (including phenoxy) is 1. The number of nitrogens with two attached hydrogens (primary N) is 1. The summed E-state index contributed by atoms with van der Waals surface area (Å²) in [4.78, 5) is 4.51. The maximum absolute atomic E-state index is 5.91. The van der Waals surface area contributed by atoms with E-state index >= 15 is 0 Å². The highest BCUT2D eigenvalue weighted by atomic mass is 16.5. The van der Waals surface area contributed by atoms with Gasteiger partial charge in [0.05, 0.1) is 0 Å². The number of rotatable bonds is 6. The van der Waals surface area contributed by atoms with E-state index in [1.54, 1.807) is 0 Å². The first-order valence-electron chi connectivity index (χ1n) is 6.95. The molecule has 5 heteroatoms. The van der Waals surface area contributed by atoms with Gasteiger partial charge in [-0.1, -0.05) is 18.5 Å². The molecule has 1 saturated carbocycles. The van der Waals surface area contributed by atoms with Crippen molar-refractivity contribution in [3.63, 3.8) is 0 Å². The fourth-order valence-corrected chi connectivity index (χ4v) is 2.53. The molecule has 0 spiro atoms. The fourth-order valence-electron chi connectivity index (χ4n) is 2.53. The quantitative estimate of drug-likeness (QED) is 0.843. The van der Waals surface area contributed by atoms with Crippen molar-refractivity contribution in [3.05, 3.63) is 11.7 Å². The second kappa shape index (κ2) is 6.29. The van der Waals surface area contributed by atoms with Gasteiger partial charge in [0.1, 0.15) is 6.10 Å². The van der Waals surface area contributed by atoms with Gasteiger partial charge in [-0.25, -0.2) is 0 Å². The molecular formula is C13H23N3O2. The van der Waals surface area contributed by atoms with Gasteiger partial charge in [0.2, 0.25) is 11.7 Å². The zero-order valence-corrected chi connectivity index (χ0v) is 11.3. The van der Waals surface area contributed by atoms with Crippen LogP contribution in [-0.4, -0.2) is 22.8 Å². The molecule has 2 rings (SSSR count). The predicted octanol–water partition coefficient (Wildman–Crippen LogP) is 2.54. The maximum atomic E-state index is 5.91. The molecule has 0 saturated heterocycles. The number of hydrogen-bond donors (Lipinski definition) is 1. The van der Waals surface area contributed by atoms with Gasteiger partial charge in [-0.3, -0.25) is 0 Å². The lowest BCUT2D eigenvalue weighted by atomic mass is 10.1.